The van der Waals surface area contributed by atoms with Crippen molar-refractivity contribution in [3.63, 3.8) is 0 Å². The van der Waals surface area contributed by atoms with Gasteiger partial charge in [-0.25, -0.2) is 0 Å². The Labute approximate surface area is 289 Å². The summed E-state index contributed by atoms with van der Waals surface area (Å²) in [5, 5.41) is 14.7. The van der Waals surface area contributed by atoms with Gasteiger partial charge in [-0.2, -0.15) is 49.2 Å². The monoisotopic (exact) mass is 668 g/mol. The van der Waals surface area contributed by atoms with Gasteiger partial charge in [-0.1, -0.05) is 98.3 Å². The van der Waals surface area contributed by atoms with E-state index in [9.17, 15) is 0 Å². The molecule has 5 heteroatoms. The Morgan fingerprint density at radius 3 is 1.09 bits per heavy atom. The molecule has 0 spiro atoms. The average Bonchev–Trinajstić information content (AvgIpc) is 3.03. The van der Waals surface area contributed by atoms with Gasteiger partial charge in [0, 0.05) is 26.2 Å². The van der Waals surface area contributed by atoms with E-state index in [-0.39, 0.29) is 26.2 Å². The summed E-state index contributed by atoms with van der Waals surface area (Å²) in [6, 6.07) is 45.4. The fraction of sp³-hybridized carbons (Fsp3) is 0.150. The van der Waals surface area contributed by atoms with Crippen LogP contribution in [0.5, 0.6) is 0 Å². The van der Waals surface area contributed by atoms with Gasteiger partial charge in [0.2, 0.25) is 0 Å². The molecule has 6 aromatic rings. The molecule has 45 heavy (non-hydrogen) atoms. The van der Waals surface area contributed by atoms with Crippen LogP contribution >= 0.6 is 0 Å². The summed E-state index contributed by atoms with van der Waals surface area (Å²) in [6.07, 6.45) is 0. The first kappa shape index (κ1) is 35.5. The zero-order valence-corrected chi connectivity index (χ0v) is 29.3. The minimum Gasteiger partial charge on any atom is -0.672 e. The summed E-state index contributed by atoms with van der Waals surface area (Å²) in [5.74, 6) is 0. The first-order chi connectivity index (χ1) is 21.3. The van der Waals surface area contributed by atoms with E-state index in [4.69, 9.17) is 10.6 Å². The van der Waals surface area contributed by atoms with Crippen molar-refractivity contribution in [2.24, 2.45) is 0 Å². The summed E-state index contributed by atoms with van der Waals surface area (Å²) in [4.78, 5) is 4.17. The number of fused-ring (bicyclic) bond motifs is 2. The Kier molecular flexibility index (Phi) is 14.2. The van der Waals surface area contributed by atoms with E-state index < -0.39 is 0 Å². The van der Waals surface area contributed by atoms with Crippen LogP contribution in [-0.4, -0.2) is 51.3 Å². The van der Waals surface area contributed by atoms with E-state index in [1.807, 2.05) is 88.9 Å². The molecular formula is C40H42N4Zr-4. The molecule has 0 saturated heterocycles. The fourth-order valence-electron chi connectivity index (χ4n) is 4.70. The van der Waals surface area contributed by atoms with Crippen molar-refractivity contribution in [2.45, 2.75) is 0 Å². The van der Waals surface area contributed by atoms with Gasteiger partial charge in [-0.3, -0.25) is 0 Å². The smallest absolute Gasteiger partial charge is 0 e. The van der Waals surface area contributed by atoms with Crippen LogP contribution in [0.15, 0.2) is 133 Å². The van der Waals surface area contributed by atoms with Gasteiger partial charge < -0.3 is 20.4 Å². The second-order valence-corrected chi connectivity index (χ2v) is 11.1. The zero-order valence-electron chi connectivity index (χ0n) is 26.8. The van der Waals surface area contributed by atoms with Gasteiger partial charge in [0.25, 0.3) is 0 Å². The van der Waals surface area contributed by atoms with Gasteiger partial charge in [-0.15, -0.1) is 35.6 Å². The largest absolute Gasteiger partial charge is 0.672 e. The number of benzene rings is 6. The van der Waals surface area contributed by atoms with Gasteiger partial charge in [-0.05, 0) is 60.9 Å². The predicted octanol–water partition coefficient (Wildman–Crippen LogP) is 10.4. The molecule has 0 unspecified atom stereocenters. The number of nitrogens with zero attached hydrogens (tertiary/aromatic N) is 4. The maximum absolute atomic E-state index is 4.95. The number of hydrogen-bond donors (Lipinski definition) is 0. The molecular weight excluding hydrogens is 628 g/mol. The molecule has 0 atom stereocenters. The van der Waals surface area contributed by atoms with Crippen molar-refractivity contribution >= 4 is 32.9 Å². The first-order valence-corrected chi connectivity index (χ1v) is 14.8. The molecule has 6 rings (SSSR count). The molecule has 4 nitrogen and oxygen atoms in total. The Hall–Kier alpha value is -4.02. The van der Waals surface area contributed by atoms with Crippen molar-refractivity contribution in [3.8, 4) is 11.1 Å². The third-order valence-corrected chi connectivity index (χ3v) is 6.80. The standard InChI is InChI=1S/C26H28N4.2C7H7.Zr/c1-29(2)17-27-23-15-13-19-9-5-7-11-21(19)25(23)26-22-12-8-6-10-20(22)14-16-24(26)28-18-30(3)4;2*1-7-5-3-2-4-6-7;/h5-16H,17-18H2,1-4H3;2*2-6H,1H2;/q-2;2*-1;. The van der Waals surface area contributed by atoms with Crippen LogP contribution in [0.2, 0.25) is 0 Å². The van der Waals surface area contributed by atoms with Crippen molar-refractivity contribution < 1.29 is 26.2 Å². The second kappa shape index (κ2) is 18.1. The van der Waals surface area contributed by atoms with Crippen LogP contribution in [0.3, 0.4) is 0 Å². The molecule has 0 N–H and O–H groups in total. The Bertz CT molecular complexity index is 1600. The van der Waals surface area contributed by atoms with Gasteiger partial charge in [0.1, 0.15) is 0 Å². The predicted molar refractivity (Wildman–Crippen MR) is 192 cm³/mol. The van der Waals surface area contributed by atoms with Crippen LogP contribution in [0.1, 0.15) is 11.1 Å². The topological polar surface area (TPSA) is 34.7 Å². The molecule has 0 aliphatic heterocycles. The van der Waals surface area contributed by atoms with Gasteiger partial charge >= 0.3 is 0 Å². The normalized spacial score (nSPS) is 10.4. The molecule has 0 aliphatic carbocycles. The third-order valence-electron chi connectivity index (χ3n) is 6.80. The maximum atomic E-state index is 4.95. The van der Waals surface area contributed by atoms with E-state index >= 15 is 0 Å². The molecule has 0 aliphatic rings. The molecule has 6 aromatic carbocycles. The van der Waals surface area contributed by atoms with Crippen LogP contribution in [0.4, 0.5) is 11.4 Å². The van der Waals surface area contributed by atoms with Crippen LogP contribution in [0.25, 0.3) is 43.3 Å². The Morgan fingerprint density at radius 2 is 0.778 bits per heavy atom. The average molecular weight is 670 g/mol. The van der Waals surface area contributed by atoms with Crippen molar-refractivity contribution in [1.29, 1.82) is 0 Å². The molecule has 0 bridgehead atoms. The second-order valence-electron chi connectivity index (χ2n) is 11.1. The van der Waals surface area contributed by atoms with Crippen LogP contribution in [0, 0.1) is 13.8 Å². The summed E-state index contributed by atoms with van der Waals surface area (Å²) >= 11 is 0. The van der Waals surface area contributed by atoms with E-state index in [1.54, 1.807) is 0 Å². The van der Waals surface area contributed by atoms with E-state index in [2.05, 4.69) is 96.4 Å². The van der Waals surface area contributed by atoms with E-state index in [0.717, 1.165) is 33.6 Å². The molecule has 0 radical (unpaired) electrons. The van der Waals surface area contributed by atoms with Crippen LogP contribution < -0.4 is 0 Å². The van der Waals surface area contributed by atoms with Crippen molar-refractivity contribution in [1.82, 2.24) is 9.80 Å². The minimum absolute atomic E-state index is 0. The van der Waals surface area contributed by atoms with E-state index in [0.29, 0.717) is 13.3 Å². The summed E-state index contributed by atoms with van der Waals surface area (Å²) in [5.41, 5.74) is 6.46. The van der Waals surface area contributed by atoms with Gasteiger partial charge in [0.15, 0.2) is 0 Å². The quantitative estimate of drug-likeness (QED) is 0.159. The summed E-state index contributed by atoms with van der Waals surface area (Å²) < 4.78 is 0. The Balaban J connectivity index is 0.000000302. The maximum Gasteiger partial charge on any atom is 0 e. The molecule has 0 aromatic heterocycles. The SMILES string of the molecule is CN(C)C[N-]c1ccc2ccccc2c1-c1c([N-]CN(C)C)ccc2ccccc12.[CH2-]c1ccccc1.[CH2-]c1ccccc1.[Zr]. The van der Waals surface area contributed by atoms with Crippen molar-refractivity contribution in [2.75, 3.05) is 41.5 Å². The number of rotatable bonds is 7. The molecule has 0 saturated carbocycles. The minimum atomic E-state index is 0. The molecule has 0 amide bonds. The molecule has 230 valence electrons. The first-order valence-electron chi connectivity index (χ1n) is 14.8. The molecule has 0 heterocycles. The summed E-state index contributed by atoms with van der Waals surface area (Å²) in [7, 11) is 8.17. The Morgan fingerprint density at radius 1 is 0.444 bits per heavy atom. The zero-order chi connectivity index (χ0) is 31.3. The van der Waals surface area contributed by atoms with Crippen LogP contribution in [-0.2, 0) is 26.2 Å². The van der Waals surface area contributed by atoms with E-state index in [1.165, 1.54) is 21.5 Å². The number of hydrogen-bond acceptors (Lipinski definition) is 2. The van der Waals surface area contributed by atoms with Crippen molar-refractivity contribution in [3.05, 3.63) is 169 Å². The summed E-state index contributed by atoms with van der Waals surface area (Å²) in [6.45, 7) is 8.72. The fourth-order valence-corrected chi connectivity index (χ4v) is 4.70. The molecule has 0 fully saturated rings. The third kappa shape index (κ3) is 10.5. The van der Waals surface area contributed by atoms with Gasteiger partial charge in [0.05, 0.1) is 0 Å².